The van der Waals surface area contributed by atoms with E-state index in [1.54, 1.807) is 14.2 Å². The Morgan fingerprint density at radius 3 is 2.50 bits per heavy atom. The zero-order valence-electron chi connectivity index (χ0n) is 14.4. The topological polar surface area (TPSA) is 69.4 Å². The molecule has 130 valence electrons. The van der Waals surface area contributed by atoms with Crippen LogP contribution in [0.25, 0.3) is 11.5 Å². The molecule has 1 N–H and O–H groups in total. The highest BCUT2D eigenvalue weighted by molar-refractivity contribution is 5.59. The Morgan fingerprint density at radius 2 is 1.79 bits per heavy atom. The van der Waals surface area contributed by atoms with Crippen molar-refractivity contribution in [1.82, 2.24) is 15.5 Å². The fourth-order valence-corrected chi connectivity index (χ4v) is 3.13. The molecule has 1 saturated carbocycles. The molecule has 0 atom stereocenters. The lowest BCUT2D eigenvalue weighted by Crippen LogP contribution is -2.27. The Labute approximate surface area is 142 Å². The number of aromatic nitrogens is 2. The molecule has 1 fully saturated rings. The minimum absolute atomic E-state index is 0.494. The standard InChI is InChI=1S/C18H25N3O3/c1-22-15-10-9-13(11-16(15)23-2)18-21-20-17(24-18)12-19-14-7-5-3-4-6-8-14/h9-11,14,19H,3-8,12H2,1-2H3. The summed E-state index contributed by atoms with van der Waals surface area (Å²) < 4.78 is 16.3. The predicted octanol–water partition coefficient (Wildman–Crippen LogP) is 3.57. The fraction of sp³-hybridized carbons (Fsp3) is 0.556. The van der Waals surface area contributed by atoms with E-state index in [0.29, 0.717) is 35.9 Å². The summed E-state index contributed by atoms with van der Waals surface area (Å²) in [5, 5.41) is 11.8. The smallest absolute Gasteiger partial charge is 0.247 e. The Kier molecular flexibility index (Phi) is 5.69. The zero-order chi connectivity index (χ0) is 16.8. The average Bonchev–Trinajstić information content (AvgIpc) is 2.94. The van der Waals surface area contributed by atoms with E-state index in [1.165, 1.54) is 38.5 Å². The third-order valence-electron chi connectivity index (χ3n) is 4.49. The van der Waals surface area contributed by atoms with E-state index in [-0.39, 0.29) is 0 Å². The molecule has 0 amide bonds. The molecule has 0 unspecified atom stereocenters. The van der Waals surface area contributed by atoms with Gasteiger partial charge in [0.25, 0.3) is 0 Å². The van der Waals surface area contributed by atoms with Gasteiger partial charge in [-0.15, -0.1) is 10.2 Å². The third-order valence-corrected chi connectivity index (χ3v) is 4.49. The van der Waals surface area contributed by atoms with Crippen LogP contribution in [0.1, 0.15) is 44.4 Å². The van der Waals surface area contributed by atoms with Crippen molar-refractivity contribution in [2.24, 2.45) is 0 Å². The van der Waals surface area contributed by atoms with Crippen LogP contribution in [0.15, 0.2) is 22.6 Å². The van der Waals surface area contributed by atoms with Gasteiger partial charge in [-0.2, -0.15) is 0 Å². The van der Waals surface area contributed by atoms with E-state index in [2.05, 4.69) is 15.5 Å². The van der Waals surface area contributed by atoms with E-state index in [0.717, 1.165) is 5.56 Å². The van der Waals surface area contributed by atoms with E-state index in [1.807, 2.05) is 18.2 Å². The van der Waals surface area contributed by atoms with Gasteiger partial charge >= 0.3 is 0 Å². The van der Waals surface area contributed by atoms with Gasteiger partial charge in [0, 0.05) is 11.6 Å². The maximum Gasteiger partial charge on any atom is 0.247 e. The van der Waals surface area contributed by atoms with Crippen molar-refractivity contribution in [3.63, 3.8) is 0 Å². The molecule has 1 aliphatic carbocycles. The third kappa shape index (κ3) is 4.06. The van der Waals surface area contributed by atoms with Gasteiger partial charge in [-0.05, 0) is 31.0 Å². The van der Waals surface area contributed by atoms with Crippen LogP contribution in [-0.4, -0.2) is 30.5 Å². The summed E-state index contributed by atoms with van der Waals surface area (Å²) in [6.45, 7) is 0.616. The molecule has 0 radical (unpaired) electrons. The molecule has 3 rings (SSSR count). The number of nitrogens with one attached hydrogen (secondary N) is 1. The summed E-state index contributed by atoms with van der Waals surface area (Å²) in [7, 11) is 3.22. The Hall–Kier alpha value is -2.08. The van der Waals surface area contributed by atoms with Gasteiger partial charge in [0.15, 0.2) is 11.5 Å². The number of hydrogen-bond acceptors (Lipinski definition) is 6. The summed E-state index contributed by atoms with van der Waals surface area (Å²) in [6, 6.07) is 6.12. The first-order valence-electron chi connectivity index (χ1n) is 8.58. The maximum atomic E-state index is 5.78. The van der Waals surface area contributed by atoms with Crippen molar-refractivity contribution in [2.75, 3.05) is 14.2 Å². The zero-order valence-corrected chi connectivity index (χ0v) is 14.4. The number of benzene rings is 1. The van der Waals surface area contributed by atoms with Crippen LogP contribution in [0.4, 0.5) is 0 Å². The van der Waals surface area contributed by atoms with Crippen LogP contribution < -0.4 is 14.8 Å². The van der Waals surface area contributed by atoms with Gasteiger partial charge in [0.05, 0.1) is 20.8 Å². The molecule has 2 aromatic rings. The molecule has 1 aliphatic rings. The van der Waals surface area contributed by atoms with Gasteiger partial charge in [0.1, 0.15) is 0 Å². The van der Waals surface area contributed by atoms with Gasteiger partial charge in [-0.25, -0.2) is 0 Å². The van der Waals surface area contributed by atoms with E-state index in [4.69, 9.17) is 13.9 Å². The summed E-state index contributed by atoms with van der Waals surface area (Å²) in [4.78, 5) is 0. The second-order valence-electron chi connectivity index (χ2n) is 6.14. The summed E-state index contributed by atoms with van der Waals surface area (Å²) in [6.07, 6.45) is 7.77. The molecular weight excluding hydrogens is 306 g/mol. The van der Waals surface area contributed by atoms with E-state index >= 15 is 0 Å². The van der Waals surface area contributed by atoms with Crippen LogP contribution in [0.2, 0.25) is 0 Å². The highest BCUT2D eigenvalue weighted by Crippen LogP contribution is 2.31. The summed E-state index contributed by atoms with van der Waals surface area (Å²) in [5.74, 6) is 2.43. The molecule has 0 aliphatic heterocycles. The monoisotopic (exact) mass is 331 g/mol. The summed E-state index contributed by atoms with van der Waals surface area (Å²) in [5.41, 5.74) is 0.820. The normalized spacial score (nSPS) is 15.9. The van der Waals surface area contributed by atoms with Crippen molar-refractivity contribution >= 4 is 0 Å². The quantitative estimate of drug-likeness (QED) is 0.816. The number of nitrogens with zero attached hydrogens (tertiary/aromatic N) is 2. The van der Waals surface area contributed by atoms with Crippen molar-refractivity contribution in [3.8, 4) is 23.0 Å². The van der Waals surface area contributed by atoms with Crippen molar-refractivity contribution < 1.29 is 13.9 Å². The lowest BCUT2D eigenvalue weighted by molar-refractivity contribution is 0.355. The van der Waals surface area contributed by atoms with Crippen LogP contribution in [0, 0.1) is 0 Å². The van der Waals surface area contributed by atoms with Crippen molar-refractivity contribution in [2.45, 2.75) is 51.1 Å². The second-order valence-corrected chi connectivity index (χ2v) is 6.14. The lowest BCUT2D eigenvalue weighted by Gasteiger charge is -2.14. The van der Waals surface area contributed by atoms with Crippen LogP contribution in [0.5, 0.6) is 11.5 Å². The highest BCUT2D eigenvalue weighted by Gasteiger charge is 2.15. The number of ether oxygens (including phenoxy) is 2. The molecule has 6 nitrogen and oxygen atoms in total. The first-order chi connectivity index (χ1) is 11.8. The number of rotatable bonds is 6. The predicted molar refractivity (Wildman–Crippen MR) is 91.2 cm³/mol. The lowest BCUT2D eigenvalue weighted by atomic mass is 10.1. The fourth-order valence-electron chi connectivity index (χ4n) is 3.13. The molecule has 1 aromatic carbocycles. The molecular formula is C18H25N3O3. The maximum absolute atomic E-state index is 5.78. The molecule has 24 heavy (non-hydrogen) atoms. The Morgan fingerprint density at radius 1 is 1.04 bits per heavy atom. The molecule has 0 saturated heterocycles. The second kappa shape index (κ2) is 8.15. The minimum Gasteiger partial charge on any atom is -0.493 e. The van der Waals surface area contributed by atoms with Crippen molar-refractivity contribution in [1.29, 1.82) is 0 Å². The molecule has 0 spiro atoms. The van der Waals surface area contributed by atoms with E-state index < -0.39 is 0 Å². The van der Waals surface area contributed by atoms with Gasteiger partial charge in [-0.1, -0.05) is 25.7 Å². The highest BCUT2D eigenvalue weighted by atomic mass is 16.5. The SMILES string of the molecule is COc1ccc(-c2nnc(CNC3CCCCCC3)o2)cc1OC. The molecule has 1 heterocycles. The Bertz CT molecular complexity index is 649. The summed E-state index contributed by atoms with van der Waals surface area (Å²) >= 11 is 0. The van der Waals surface area contributed by atoms with Gasteiger partial charge in [0.2, 0.25) is 11.8 Å². The molecule has 6 heteroatoms. The first kappa shape index (κ1) is 16.8. The van der Waals surface area contributed by atoms with Gasteiger partial charge in [-0.3, -0.25) is 0 Å². The van der Waals surface area contributed by atoms with Crippen LogP contribution in [-0.2, 0) is 6.54 Å². The Balaban J connectivity index is 1.64. The van der Waals surface area contributed by atoms with Crippen LogP contribution >= 0.6 is 0 Å². The average molecular weight is 331 g/mol. The largest absolute Gasteiger partial charge is 0.493 e. The molecule has 0 bridgehead atoms. The van der Waals surface area contributed by atoms with Crippen LogP contribution in [0.3, 0.4) is 0 Å². The van der Waals surface area contributed by atoms with Gasteiger partial charge < -0.3 is 19.2 Å². The first-order valence-corrected chi connectivity index (χ1v) is 8.58. The minimum atomic E-state index is 0.494. The molecule has 1 aromatic heterocycles. The van der Waals surface area contributed by atoms with E-state index in [9.17, 15) is 0 Å². The number of hydrogen-bond donors (Lipinski definition) is 1. The number of methoxy groups -OCH3 is 2. The van der Waals surface area contributed by atoms with Crippen molar-refractivity contribution in [3.05, 3.63) is 24.1 Å².